The number of alkyl halides is 5. The van der Waals surface area contributed by atoms with E-state index in [-0.39, 0.29) is 23.0 Å². The summed E-state index contributed by atoms with van der Waals surface area (Å²) in [4.78, 5) is 34.0. The van der Waals surface area contributed by atoms with E-state index in [1.165, 1.54) is 23.5 Å². The predicted molar refractivity (Wildman–Crippen MR) is 152 cm³/mol. The van der Waals surface area contributed by atoms with Gasteiger partial charge in [0.2, 0.25) is 11.5 Å². The highest BCUT2D eigenvalue weighted by Crippen LogP contribution is 2.50. The van der Waals surface area contributed by atoms with Crippen molar-refractivity contribution in [3.05, 3.63) is 70.1 Å². The molecule has 2 atom stereocenters. The van der Waals surface area contributed by atoms with E-state index in [9.17, 15) is 41.0 Å². The van der Waals surface area contributed by atoms with E-state index in [0.29, 0.717) is 21.3 Å². The fourth-order valence-corrected chi connectivity index (χ4v) is 6.01. The van der Waals surface area contributed by atoms with Gasteiger partial charge in [-0.05, 0) is 62.2 Å². The van der Waals surface area contributed by atoms with Gasteiger partial charge < -0.3 is 25.6 Å². The van der Waals surface area contributed by atoms with Gasteiger partial charge in [-0.15, -0.1) is 11.3 Å². The number of carbonyl (C=O) groups excluding carboxylic acids is 2. The molecule has 6 rings (SSSR count). The van der Waals surface area contributed by atoms with Gasteiger partial charge in [-0.25, -0.2) is 23.1 Å². The van der Waals surface area contributed by atoms with Gasteiger partial charge in [0, 0.05) is 16.7 Å². The van der Waals surface area contributed by atoms with Crippen LogP contribution in [0, 0.1) is 12.7 Å². The molecular weight excluding hydrogens is 642 g/mol. The zero-order valence-corrected chi connectivity index (χ0v) is 24.6. The smallest absolute Gasteiger partial charge is 0.424 e. The van der Waals surface area contributed by atoms with Crippen molar-refractivity contribution < 1.29 is 50.5 Å². The molecule has 0 saturated heterocycles. The Bertz CT molecular complexity index is 1860. The average Bonchev–Trinajstić information content (AvgIpc) is 3.58. The monoisotopic (exact) mass is 666 g/mol. The van der Waals surface area contributed by atoms with Gasteiger partial charge in [-0.1, -0.05) is 0 Å². The van der Waals surface area contributed by atoms with Gasteiger partial charge in [0.05, 0.1) is 28.1 Å². The molecule has 2 aromatic heterocycles. The maximum Gasteiger partial charge on any atom is 0.424 e. The molecule has 1 fully saturated rings. The van der Waals surface area contributed by atoms with Crippen molar-refractivity contribution in [3.63, 3.8) is 0 Å². The van der Waals surface area contributed by atoms with Gasteiger partial charge in [-0.3, -0.25) is 9.59 Å². The Morgan fingerprint density at radius 3 is 2.48 bits per heavy atom. The second kappa shape index (κ2) is 11.1. The van der Waals surface area contributed by atoms with Crippen LogP contribution in [0.1, 0.15) is 39.5 Å². The summed E-state index contributed by atoms with van der Waals surface area (Å²) < 4.78 is 98.5. The number of fused-ring (bicyclic) bond motifs is 2. The number of primary amides is 1. The fourth-order valence-electron chi connectivity index (χ4n) is 5.12. The van der Waals surface area contributed by atoms with Crippen LogP contribution < -0.4 is 20.5 Å². The zero-order chi connectivity index (χ0) is 33.2. The normalized spacial score (nSPS) is 19.1. The molecule has 3 heterocycles. The second-order valence-electron chi connectivity index (χ2n) is 11.1. The summed E-state index contributed by atoms with van der Waals surface area (Å²) in [5.74, 6) is -3.54. The highest BCUT2D eigenvalue weighted by atomic mass is 32.1. The maximum atomic E-state index is 14.7. The lowest BCUT2D eigenvalue weighted by Gasteiger charge is -2.32. The number of nitrogens with zero attached hydrogens (tertiary/aromatic N) is 2. The molecule has 1 aliphatic carbocycles. The van der Waals surface area contributed by atoms with E-state index in [1.54, 1.807) is 6.92 Å². The zero-order valence-electron chi connectivity index (χ0n) is 23.8. The number of thiazole rings is 1. The van der Waals surface area contributed by atoms with Gasteiger partial charge in [0.15, 0.2) is 5.41 Å². The Kier molecular flexibility index (Phi) is 7.62. The van der Waals surface area contributed by atoms with Crippen molar-refractivity contribution in [2.24, 2.45) is 5.73 Å². The third-order valence-corrected chi connectivity index (χ3v) is 8.79. The molecule has 4 N–H and O–H groups in total. The molecule has 2 amide bonds. The molecule has 4 aromatic rings. The van der Waals surface area contributed by atoms with Crippen LogP contribution in [0.25, 0.3) is 21.5 Å². The van der Waals surface area contributed by atoms with Crippen molar-refractivity contribution in [1.82, 2.24) is 15.3 Å². The molecule has 2 aliphatic rings. The summed E-state index contributed by atoms with van der Waals surface area (Å²) in [5.41, 5.74) is -3.67. The molecule has 46 heavy (non-hydrogen) atoms. The molecular formula is C30H24F6N4O5S. The number of aromatic nitrogens is 2. The number of halogens is 6. The van der Waals surface area contributed by atoms with Crippen molar-refractivity contribution in [2.75, 3.05) is 13.2 Å². The fraction of sp³-hybridized carbons (Fsp3) is 0.333. The number of nitrogens with one attached hydrogen (secondary N) is 1. The van der Waals surface area contributed by atoms with E-state index in [4.69, 9.17) is 15.2 Å². The first-order valence-corrected chi connectivity index (χ1v) is 14.6. The molecule has 1 saturated carbocycles. The number of aryl methyl sites for hydroxylation is 1. The van der Waals surface area contributed by atoms with Crippen LogP contribution >= 0.6 is 11.3 Å². The quantitative estimate of drug-likeness (QED) is 0.216. The Hall–Kier alpha value is -4.44. The molecule has 9 nitrogen and oxygen atoms in total. The largest absolute Gasteiger partial charge is 0.489 e. The van der Waals surface area contributed by atoms with E-state index in [0.717, 1.165) is 37.1 Å². The van der Waals surface area contributed by atoms with E-state index >= 15 is 0 Å². The number of ether oxygens (including phenoxy) is 2. The topological polar surface area (TPSA) is 137 Å². The van der Waals surface area contributed by atoms with Crippen LogP contribution in [0.4, 0.5) is 26.3 Å². The Morgan fingerprint density at radius 2 is 1.87 bits per heavy atom. The van der Waals surface area contributed by atoms with Gasteiger partial charge in [0.25, 0.3) is 12.3 Å². The SMILES string of the molecule is Cc1nc2c(OC3CC3)cc(C(=O)NCC(O)(c3cc4c(c(-c5ccc(F)cc5)n3)OC[C@@]4(C(N)=O)C(F)F)C(F)(F)F)cc2s1. The standard InChI is InChI=1S/C30H24F6N4O5S/c1-13-39-23-19(45-17-6-7-17)8-15(9-20(23)46-13)25(41)38-11-29(43,30(34,35)36)21-10-18-24(44-12-28(18,26(32)33)27(37)42)22(40-21)14-2-4-16(31)5-3-14/h2-5,8-10,17,26,43H,6-7,11-12H2,1H3,(H2,37,42)(H,38,41)/t28-,29?/m0/s1. The van der Waals surface area contributed by atoms with Gasteiger partial charge in [0.1, 0.15) is 35.1 Å². The number of rotatable bonds is 9. The minimum atomic E-state index is -5.54. The number of nitrogens with two attached hydrogens (primary N) is 1. The average molecular weight is 667 g/mol. The number of amides is 2. The van der Waals surface area contributed by atoms with Crippen LogP contribution in [0.15, 0.2) is 42.5 Å². The Labute approximate surface area is 260 Å². The number of aliphatic hydroxyl groups is 1. The van der Waals surface area contributed by atoms with Crippen LogP contribution in [0.3, 0.4) is 0 Å². The molecule has 1 aliphatic heterocycles. The second-order valence-corrected chi connectivity index (χ2v) is 12.3. The summed E-state index contributed by atoms with van der Waals surface area (Å²) in [6.07, 6.45) is -7.56. The molecule has 1 unspecified atom stereocenters. The molecule has 16 heteroatoms. The summed E-state index contributed by atoms with van der Waals surface area (Å²) in [5, 5.41) is 14.0. The van der Waals surface area contributed by atoms with Gasteiger partial charge in [-0.2, -0.15) is 13.2 Å². The van der Waals surface area contributed by atoms with Crippen molar-refractivity contribution in [2.45, 2.75) is 49.5 Å². The van der Waals surface area contributed by atoms with E-state index in [1.807, 2.05) is 0 Å². The number of hydrogen-bond acceptors (Lipinski definition) is 8. The van der Waals surface area contributed by atoms with Crippen LogP contribution in [0.5, 0.6) is 11.5 Å². The predicted octanol–water partition coefficient (Wildman–Crippen LogP) is 4.91. The number of benzene rings is 2. The van der Waals surface area contributed by atoms with Crippen molar-refractivity contribution in [3.8, 4) is 22.8 Å². The van der Waals surface area contributed by atoms with E-state index < -0.39 is 77.1 Å². The van der Waals surface area contributed by atoms with Crippen LogP contribution in [0.2, 0.25) is 0 Å². The lowest BCUT2D eigenvalue weighted by molar-refractivity contribution is -0.265. The minimum absolute atomic E-state index is 0.0704. The third-order valence-electron chi connectivity index (χ3n) is 7.87. The summed E-state index contributed by atoms with van der Waals surface area (Å²) >= 11 is 1.24. The first kappa shape index (κ1) is 31.5. The van der Waals surface area contributed by atoms with Crippen molar-refractivity contribution >= 4 is 33.4 Å². The highest BCUT2D eigenvalue weighted by molar-refractivity contribution is 7.18. The minimum Gasteiger partial charge on any atom is -0.489 e. The molecule has 0 radical (unpaired) electrons. The molecule has 0 spiro atoms. The van der Waals surface area contributed by atoms with Gasteiger partial charge >= 0.3 is 6.18 Å². The lowest BCUT2D eigenvalue weighted by Crippen LogP contribution is -2.52. The van der Waals surface area contributed by atoms with Crippen LogP contribution in [-0.4, -0.2) is 58.7 Å². The Balaban J connectivity index is 1.43. The lowest BCUT2D eigenvalue weighted by atomic mass is 9.80. The molecule has 0 bridgehead atoms. The Morgan fingerprint density at radius 1 is 1.17 bits per heavy atom. The summed E-state index contributed by atoms with van der Waals surface area (Å²) in [7, 11) is 0. The van der Waals surface area contributed by atoms with Crippen molar-refractivity contribution in [1.29, 1.82) is 0 Å². The van der Waals surface area contributed by atoms with E-state index in [2.05, 4.69) is 15.3 Å². The highest BCUT2D eigenvalue weighted by Gasteiger charge is 2.60. The number of carbonyl (C=O) groups is 2. The third kappa shape index (κ3) is 5.28. The first-order valence-electron chi connectivity index (χ1n) is 13.8. The first-order chi connectivity index (χ1) is 21.6. The molecule has 2 aromatic carbocycles. The number of pyridine rings is 1. The molecule has 242 valence electrons. The summed E-state index contributed by atoms with van der Waals surface area (Å²) in [6.45, 7) is -0.799. The van der Waals surface area contributed by atoms with Crippen LogP contribution in [-0.2, 0) is 15.8 Å². The number of hydrogen-bond donors (Lipinski definition) is 3. The summed E-state index contributed by atoms with van der Waals surface area (Å²) in [6, 6.07) is 7.32. The maximum absolute atomic E-state index is 14.7.